The normalized spacial score (nSPS) is 15.1. The van der Waals surface area contributed by atoms with Crippen LogP contribution < -0.4 is 19.6 Å². The molecule has 2 aromatic heterocycles. The number of methoxy groups -OCH3 is 1. The minimum atomic E-state index is -0.779. The number of non-ortho nitro benzene ring substituents is 1. The molecule has 0 bridgehead atoms. The number of furan rings is 1. The third-order valence-corrected chi connectivity index (χ3v) is 7.56. The molecule has 210 valence electrons. The van der Waals surface area contributed by atoms with Gasteiger partial charge in [-0.2, -0.15) is 0 Å². The molecule has 0 saturated carbocycles. The molecule has 0 aliphatic carbocycles. The van der Waals surface area contributed by atoms with E-state index in [0.717, 1.165) is 11.3 Å². The van der Waals surface area contributed by atoms with Crippen molar-refractivity contribution in [3.8, 4) is 17.1 Å². The van der Waals surface area contributed by atoms with Gasteiger partial charge in [0.25, 0.3) is 11.2 Å². The molecule has 0 saturated heterocycles. The summed E-state index contributed by atoms with van der Waals surface area (Å²) < 4.78 is 18.6. The second kappa shape index (κ2) is 11.2. The zero-order valence-electron chi connectivity index (χ0n) is 22.4. The van der Waals surface area contributed by atoms with Crippen LogP contribution in [-0.2, 0) is 9.53 Å². The van der Waals surface area contributed by atoms with E-state index in [9.17, 15) is 19.7 Å². The van der Waals surface area contributed by atoms with Gasteiger partial charge in [-0.1, -0.05) is 35.1 Å². The van der Waals surface area contributed by atoms with E-state index in [1.165, 1.54) is 29.9 Å². The smallest absolute Gasteiger partial charge is 0.338 e. The Balaban J connectivity index is 1.62. The monoisotopic (exact) mass is 593 g/mol. The molecule has 0 radical (unpaired) electrons. The standard InChI is InChI=1S/C29H24ClN3O7S/c1-15(2)39-28(35)25-16(3)31-29-32(26(25)17-5-7-18(30)8-6-17)27(34)24(41-29)14-20-10-12-23(40-20)21-13-19(33(36)37)9-11-22(21)38-4/h5-15,26H,1-4H3. The van der Waals surface area contributed by atoms with Crippen LogP contribution in [0.3, 0.4) is 0 Å². The number of halogens is 1. The first kappa shape index (κ1) is 28.1. The first-order valence-electron chi connectivity index (χ1n) is 12.5. The number of esters is 1. The lowest BCUT2D eigenvalue weighted by atomic mass is 9.96. The van der Waals surface area contributed by atoms with Crippen molar-refractivity contribution in [3.05, 3.63) is 112 Å². The maximum absolute atomic E-state index is 13.8. The van der Waals surface area contributed by atoms with E-state index >= 15 is 0 Å². The van der Waals surface area contributed by atoms with E-state index in [2.05, 4.69) is 4.99 Å². The van der Waals surface area contributed by atoms with E-state index in [1.54, 1.807) is 63.2 Å². The van der Waals surface area contributed by atoms with Crippen LogP contribution >= 0.6 is 22.9 Å². The van der Waals surface area contributed by atoms with Crippen LogP contribution in [0, 0.1) is 10.1 Å². The first-order valence-corrected chi connectivity index (χ1v) is 13.7. The number of aromatic nitrogens is 1. The van der Waals surface area contributed by atoms with Crippen LogP contribution in [0.2, 0.25) is 5.02 Å². The Kier molecular flexibility index (Phi) is 7.65. The third kappa shape index (κ3) is 5.46. The predicted molar refractivity (Wildman–Crippen MR) is 154 cm³/mol. The Hall–Kier alpha value is -4.48. The molecule has 0 amide bonds. The number of hydrogen-bond donors (Lipinski definition) is 0. The van der Waals surface area contributed by atoms with Gasteiger partial charge in [0.1, 0.15) is 17.3 Å². The van der Waals surface area contributed by atoms with Crippen molar-refractivity contribution >= 4 is 40.7 Å². The van der Waals surface area contributed by atoms with Crippen LogP contribution in [0.15, 0.2) is 80.1 Å². The summed E-state index contributed by atoms with van der Waals surface area (Å²) in [5, 5.41) is 11.8. The summed E-state index contributed by atoms with van der Waals surface area (Å²) in [6.45, 7) is 5.21. The molecule has 10 nitrogen and oxygen atoms in total. The number of carbonyl (C=O) groups is 1. The maximum atomic E-state index is 13.8. The zero-order chi connectivity index (χ0) is 29.4. The highest BCUT2D eigenvalue weighted by Crippen LogP contribution is 2.35. The number of rotatable bonds is 7. The van der Waals surface area contributed by atoms with Gasteiger partial charge in [0, 0.05) is 23.2 Å². The summed E-state index contributed by atoms with van der Waals surface area (Å²) in [5.41, 5.74) is 1.29. The van der Waals surface area contributed by atoms with Gasteiger partial charge in [-0.05, 0) is 56.7 Å². The SMILES string of the molecule is COc1ccc([N+](=O)[O-])cc1-c1ccc(C=c2sc3n(c2=O)C(c2ccc(Cl)cc2)C(C(=O)OC(C)C)=C(C)N=3)o1. The Morgan fingerprint density at radius 3 is 2.59 bits per heavy atom. The quantitative estimate of drug-likeness (QED) is 0.167. The van der Waals surface area contributed by atoms with Gasteiger partial charge >= 0.3 is 5.97 Å². The minimum absolute atomic E-state index is 0.114. The van der Waals surface area contributed by atoms with Crippen LogP contribution in [0.4, 0.5) is 5.69 Å². The lowest BCUT2D eigenvalue weighted by molar-refractivity contribution is -0.384. The van der Waals surface area contributed by atoms with Crippen molar-refractivity contribution in [2.75, 3.05) is 7.11 Å². The number of ether oxygens (including phenoxy) is 2. The molecule has 41 heavy (non-hydrogen) atoms. The van der Waals surface area contributed by atoms with E-state index in [-0.39, 0.29) is 22.9 Å². The maximum Gasteiger partial charge on any atom is 0.338 e. The second-order valence-corrected chi connectivity index (χ2v) is 10.9. The summed E-state index contributed by atoms with van der Waals surface area (Å²) >= 11 is 7.27. The van der Waals surface area contributed by atoms with Gasteiger partial charge < -0.3 is 13.9 Å². The van der Waals surface area contributed by atoms with Crippen LogP contribution in [-0.4, -0.2) is 28.7 Å². The van der Waals surface area contributed by atoms with Crippen LogP contribution in [0.5, 0.6) is 5.75 Å². The molecule has 2 aromatic carbocycles. The number of carbonyl (C=O) groups excluding carboxylic acids is 1. The van der Waals surface area contributed by atoms with Crippen molar-refractivity contribution < 1.29 is 23.6 Å². The second-order valence-electron chi connectivity index (χ2n) is 9.43. The van der Waals surface area contributed by atoms with Gasteiger partial charge in [-0.15, -0.1) is 0 Å². The zero-order valence-corrected chi connectivity index (χ0v) is 24.0. The molecule has 4 aromatic rings. The van der Waals surface area contributed by atoms with E-state index in [0.29, 0.717) is 48.5 Å². The fourth-order valence-corrected chi connectivity index (χ4v) is 5.68. The van der Waals surface area contributed by atoms with E-state index < -0.39 is 16.9 Å². The van der Waals surface area contributed by atoms with Crippen molar-refractivity contribution in [1.29, 1.82) is 0 Å². The van der Waals surface area contributed by atoms with Crippen molar-refractivity contribution in [1.82, 2.24) is 4.57 Å². The Morgan fingerprint density at radius 1 is 1.20 bits per heavy atom. The molecule has 0 spiro atoms. The number of nitro groups is 1. The Labute approximate surface area is 242 Å². The molecule has 0 N–H and O–H groups in total. The number of nitro benzene ring substituents is 1. The molecule has 12 heteroatoms. The summed E-state index contributed by atoms with van der Waals surface area (Å²) in [4.78, 5) is 42.8. The average molecular weight is 594 g/mol. The van der Waals surface area contributed by atoms with Gasteiger partial charge in [-0.25, -0.2) is 9.79 Å². The van der Waals surface area contributed by atoms with Gasteiger partial charge in [0.05, 0.1) is 45.5 Å². The molecule has 5 rings (SSSR count). The minimum Gasteiger partial charge on any atom is -0.496 e. The van der Waals surface area contributed by atoms with Crippen LogP contribution in [0.1, 0.15) is 38.1 Å². The van der Waals surface area contributed by atoms with Gasteiger partial charge in [0.15, 0.2) is 4.80 Å². The molecule has 1 aliphatic rings. The number of allylic oxidation sites excluding steroid dienone is 1. The summed E-state index contributed by atoms with van der Waals surface area (Å²) in [6.07, 6.45) is 1.21. The third-order valence-electron chi connectivity index (χ3n) is 6.33. The highest BCUT2D eigenvalue weighted by molar-refractivity contribution is 7.07. The molecular weight excluding hydrogens is 570 g/mol. The van der Waals surface area contributed by atoms with Crippen molar-refractivity contribution in [2.45, 2.75) is 32.9 Å². The molecule has 1 atom stereocenters. The Bertz CT molecular complexity index is 1880. The number of nitrogens with zero attached hydrogens (tertiary/aromatic N) is 3. The predicted octanol–water partition coefficient (Wildman–Crippen LogP) is 5.02. The van der Waals surface area contributed by atoms with E-state index in [4.69, 9.17) is 25.5 Å². The number of fused-ring (bicyclic) bond motifs is 1. The van der Waals surface area contributed by atoms with Gasteiger partial charge in [-0.3, -0.25) is 19.5 Å². The lowest BCUT2D eigenvalue weighted by Gasteiger charge is -2.25. The summed E-state index contributed by atoms with van der Waals surface area (Å²) in [7, 11) is 1.46. The molecule has 1 unspecified atom stereocenters. The lowest BCUT2D eigenvalue weighted by Crippen LogP contribution is -2.40. The summed E-state index contributed by atoms with van der Waals surface area (Å²) in [5.74, 6) is 0.516. The fraction of sp³-hybridized carbons (Fsp3) is 0.207. The van der Waals surface area contributed by atoms with Gasteiger partial charge in [0.2, 0.25) is 0 Å². The Morgan fingerprint density at radius 2 is 1.93 bits per heavy atom. The molecule has 1 aliphatic heterocycles. The number of hydrogen-bond acceptors (Lipinski definition) is 9. The van der Waals surface area contributed by atoms with Crippen molar-refractivity contribution in [2.24, 2.45) is 4.99 Å². The van der Waals surface area contributed by atoms with E-state index in [1.807, 2.05) is 0 Å². The molecular formula is C29H24ClN3O7S. The van der Waals surface area contributed by atoms with Crippen LogP contribution in [0.25, 0.3) is 17.4 Å². The highest BCUT2D eigenvalue weighted by Gasteiger charge is 2.33. The number of thiazole rings is 1. The number of benzene rings is 2. The average Bonchev–Trinajstić information content (AvgIpc) is 3.51. The molecule has 0 fully saturated rings. The fourth-order valence-electron chi connectivity index (χ4n) is 4.53. The van der Waals surface area contributed by atoms with Crippen molar-refractivity contribution in [3.63, 3.8) is 0 Å². The topological polar surface area (TPSA) is 126 Å². The first-order chi connectivity index (χ1) is 19.6. The molecule has 3 heterocycles. The largest absolute Gasteiger partial charge is 0.496 e. The summed E-state index contributed by atoms with van der Waals surface area (Å²) in [6, 6.07) is 13.6. The highest BCUT2D eigenvalue weighted by atomic mass is 35.5.